The molecule has 0 bridgehead atoms. The SMILES string of the molecule is Cc1ccc2c(c1)[C@H](N)CC1(CC(C)(C)CC(C)(C)C1)O2. The number of rotatable bonds is 0. The van der Waals surface area contributed by atoms with Crippen molar-refractivity contribution in [3.63, 3.8) is 0 Å². The second-order valence-corrected chi connectivity index (χ2v) is 9.00. The van der Waals surface area contributed by atoms with E-state index in [1.807, 2.05) is 0 Å². The van der Waals surface area contributed by atoms with Gasteiger partial charge in [-0.3, -0.25) is 0 Å². The first-order valence-electron chi connectivity index (χ1n) is 8.15. The van der Waals surface area contributed by atoms with Crippen molar-refractivity contribution in [3.8, 4) is 5.75 Å². The molecular formula is C19H29NO. The van der Waals surface area contributed by atoms with Crippen LogP contribution in [-0.4, -0.2) is 5.60 Å². The number of hydrogen-bond donors (Lipinski definition) is 1. The molecule has 2 nitrogen and oxygen atoms in total. The molecule has 0 saturated heterocycles. The maximum atomic E-state index is 6.58. The van der Waals surface area contributed by atoms with E-state index in [4.69, 9.17) is 10.5 Å². The fourth-order valence-electron chi connectivity index (χ4n) is 5.28. The molecule has 2 heteroatoms. The highest BCUT2D eigenvalue weighted by molar-refractivity contribution is 5.41. The van der Waals surface area contributed by atoms with Gasteiger partial charge in [-0.25, -0.2) is 0 Å². The van der Waals surface area contributed by atoms with E-state index in [9.17, 15) is 0 Å². The van der Waals surface area contributed by atoms with Crippen molar-refractivity contribution in [2.75, 3.05) is 0 Å². The minimum Gasteiger partial charge on any atom is -0.487 e. The summed E-state index contributed by atoms with van der Waals surface area (Å²) in [6, 6.07) is 6.52. The topological polar surface area (TPSA) is 35.2 Å². The van der Waals surface area contributed by atoms with Crippen molar-refractivity contribution in [2.24, 2.45) is 16.6 Å². The lowest BCUT2D eigenvalue weighted by atomic mass is 9.58. The Labute approximate surface area is 129 Å². The van der Waals surface area contributed by atoms with Crippen LogP contribution >= 0.6 is 0 Å². The van der Waals surface area contributed by atoms with Crippen LogP contribution in [0.4, 0.5) is 0 Å². The van der Waals surface area contributed by atoms with Crippen molar-refractivity contribution in [3.05, 3.63) is 29.3 Å². The van der Waals surface area contributed by atoms with Crippen molar-refractivity contribution < 1.29 is 4.74 Å². The smallest absolute Gasteiger partial charge is 0.124 e. The van der Waals surface area contributed by atoms with Crippen LogP contribution < -0.4 is 10.5 Å². The molecule has 1 heterocycles. The summed E-state index contributed by atoms with van der Waals surface area (Å²) < 4.78 is 6.58. The van der Waals surface area contributed by atoms with Gasteiger partial charge in [0.25, 0.3) is 0 Å². The standard InChI is InChI=1S/C19H29NO/c1-13-6-7-16-14(8-13)15(20)9-19(21-16)11-17(2,3)10-18(4,5)12-19/h6-8,15H,9-12,20H2,1-5H3/t15-/m1/s1. The number of aryl methyl sites for hydroxylation is 1. The average Bonchev–Trinajstić information content (AvgIpc) is 2.25. The van der Waals surface area contributed by atoms with E-state index in [0.29, 0.717) is 10.8 Å². The summed E-state index contributed by atoms with van der Waals surface area (Å²) in [7, 11) is 0. The minimum atomic E-state index is -0.0904. The summed E-state index contributed by atoms with van der Waals surface area (Å²) >= 11 is 0. The van der Waals surface area contributed by atoms with Crippen LogP contribution in [0.3, 0.4) is 0 Å². The fourth-order valence-corrected chi connectivity index (χ4v) is 5.28. The molecule has 1 fully saturated rings. The number of fused-ring (bicyclic) bond motifs is 1. The Balaban J connectivity index is 1.99. The zero-order chi connectivity index (χ0) is 15.5. The number of benzene rings is 1. The quantitative estimate of drug-likeness (QED) is 0.747. The molecular weight excluding hydrogens is 258 g/mol. The lowest BCUT2D eigenvalue weighted by molar-refractivity contribution is -0.0839. The zero-order valence-corrected chi connectivity index (χ0v) is 14.1. The molecule has 1 spiro atoms. The van der Waals surface area contributed by atoms with Crippen LogP contribution in [0.15, 0.2) is 18.2 Å². The van der Waals surface area contributed by atoms with Gasteiger partial charge >= 0.3 is 0 Å². The number of hydrogen-bond acceptors (Lipinski definition) is 2. The summed E-state index contributed by atoms with van der Waals surface area (Å²) in [4.78, 5) is 0. The Hall–Kier alpha value is -1.02. The molecule has 1 aliphatic carbocycles. The summed E-state index contributed by atoms with van der Waals surface area (Å²) in [6.07, 6.45) is 4.40. The summed E-state index contributed by atoms with van der Waals surface area (Å²) in [5.41, 5.74) is 9.49. The Bertz CT molecular complexity index is 543. The fraction of sp³-hybridized carbons (Fsp3) is 0.684. The molecule has 21 heavy (non-hydrogen) atoms. The monoisotopic (exact) mass is 287 g/mol. The summed E-state index contributed by atoms with van der Waals surface area (Å²) in [5.74, 6) is 1.01. The van der Waals surface area contributed by atoms with E-state index in [1.165, 1.54) is 17.5 Å². The lowest BCUT2D eigenvalue weighted by Gasteiger charge is -2.54. The van der Waals surface area contributed by atoms with E-state index in [-0.39, 0.29) is 11.6 Å². The minimum absolute atomic E-state index is 0.0904. The second-order valence-electron chi connectivity index (χ2n) is 9.00. The first kappa shape index (κ1) is 14.9. The lowest BCUT2D eigenvalue weighted by Crippen LogP contribution is -2.52. The third-order valence-electron chi connectivity index (χ3n) is 5.04. The second kappa shape index (κ2) is 4.49. The molecule has 0 unspecified atom stereocenters. The van der Waals surface area contributed by atoms with E-state index >= 15 is 0 Å². The molecule has 1 aromatic rings. The van der Waals surface area contributed by atoms with Crippen LogP contribution in [0.2, 0.25) is 0 Å². The molecule has 0 aromatic heterocycles. The van der Waals surface area contributed by atoms with Crippen molar-refractivity contribution in [2.45, 2.75) is 71.9 Å². The highest BCUT2D eigenvalue weighted by Crippen LogP contribution is 2.55. The molecule has 0 radical (unpaired) electrons. The average molecular weight is 287 g/mol. The highest BCUT2D eigenvalue weighted by Gasteiger charge is 2.51. The largest absolute Gasteiger partial charge is 0.487 e. The van der Waals surface area contributed by atoms with E-state index in [2.05, 4.69) is 52.8 Å². The van der Waals surface area contributed by atoms with Gasteiger partial charge in [-0.1, -0.05) is 45.4 Å². The summed E-state index contributed by atoms with van der Waals surface area (Å²) in [5, 5.41) is 0. The molecule has 2 aliphatic rings. The normalized spacial score (nSPS) is 28.8. The van der Waals surface area contributed by atoms with Crippen molar-refractivity contribution in [1.29, 1.82) is 0 Å². The highest BCUT2D eigenvalue weighted by atomic mass is 16.5. The Kier molecular flexibility index (Phi) is 3.18. The predicted molar refractivity (Wildman–Crippen MR) is 87.5 cm³/mol. The molecule has 0 amide bonds. The van der Waals surface area contributed by atoms with Crippen LogP contribution in [0.1, 0.15) is 70.5 Å². The zero-order valence-electron chi connectivity index (χ0n) is 14.1. The van der Waals surface area contributed by atoms with Gasteiger partial charge in [-0.15, -0.1) is 0 Å². The third-order valence-corrected chi connectivity index (χ3v) is 5.04. The Morgan fingerprint density at radius 1 is 1.05 bits per heavy atom. The molecule has 1 atom stereocenters. The van der Waals surface area contributed by atoms with Gasteiger partial charge in [0.05, 0.1) is 0 Å². The summed E-state index contributed by atoms with van der Waals surface area (Å²) in [6.45, 7) is 11.6. The van der Waals surface area contributed by atoms with Gasteiger partial charge in [0.1, 0.15) is 11.4 Å². The van der Waals surface area contributed by atoms with Gasteiger partial charge in [-0.2, -0.15) is 0 Å². The van der Waals surface area contributed by atoms with Crippen LogP contribution in [-0.2, 0) is 0 Å². The van der Waals surface area contributed by atoms with Gasteiger partial charge < -0.3 is 10.5 Å². The van der Waals surface area contributed by atoms with Crippen LogP contribution in [0.25, 0.3) is 0 Å². The molecule has 116 valence electrons. The number of ether oxygens (including phenoxy) is 1. The van der Waals surface area contributed by atoms with Gasteiger partial charge in [0.2, 0.25) is 0 Å². The van der Waals surface area contributed by atoms with Gasteiger partial charge in [0.15, 0.2) is 0 Å². The molecule has 1 aromatic carbocycles. The number of nitrogens with two attached hydrogens (primary N) is 1. The molecule has 1 aliphatic heterocycles. The Morgan fingerprint density at radius 2 is 1.67 bits per heavy atom. The molecule has 3 rings (SSSR count). The van der Waals surface area contributed by atoms with Crippen molar-refractivity contribution >= 4 is 0 Å². The van der Waals surface area contributed by atoms with E-state index < -0.39 is 0 Å². The predicted octanol–water partition coefficient (Wildman–Crippen LogP) is 4.75. The van der Waals surface area contributed by atoms with Crippen molar-refractivity contribution in [1.82, 2.24) is 0 Å². The molecule has 2 N–H and O–H groups in total. The van der Waals surface area contributed by atoms with Gasteiger partial charge in [-0.05, 0) is 43.1 Å². The maximum absolute atomic E-state index is 6.58. The maximum Gasteiger partial charge on any atom is 0.124 e. The Morgan fingerprint density at radius 3 is 2.29 bits per heavy atom. The van der Waals surface area contributed by atoms with Crippen LogP contribution in [0.5, 0.6) is 5.75 Å². The van der Waals surface area contributed by atoms with Crippen LogP contribution in [0, 0.1) is 17.8 Å². The van der Waals surface area contributed by atoms with E-state index in [0.717, 1.165) is 25.0 Å². The van der Waals surface area contributed by atoms with Gasteiger partial charge in [0, 0.05) is 18.0 Å². The first-order valence-corrected chi connectivity index (χ1v) is 8.15. The molecule has 1 saturated carbocycles. The van der Waals surface area contributed by atoms with E-state index in [1.54, 1.807) is 0 Å². The third kappa shape index (κ3) is 2.83. The first-order chi connectivity index (χ1) is 9.60.